The van der Waals surface area contributed by atoms with Crippen LogP contribution in [0.5, 0.6) is 0 Å². The Kier molecular flexibility index (Phi) is 5.84. The van der Waals surface area contributed by atoms with Crippen molar-refractivity contribution in [2.75, 3.05) is 10.6 Å². The van der Waals surface area contributed by atoms with Gasteiger partial charge in [-0.25, -0.2) is 0 Å². The zero-order chi connectivity index (χ0) is 18.4. The SMILES string of the molecule is O=C(/C=C\c1cccs1)Nc1ccccc1NC(=O)c1ccccc1Cl. The van der Waals surface area contributed by atoms with Gasteiger partial charge in [-0.2, -0.15) is 0 Å². The minimum atomic E-state index is -0.341. The number of rotatable bonds is 5. The van der Waals surface area contributed by atoms with Crippen LogP contribution in [-0.4, -0.2) is 11.8 Å². The van der Waals surface area contributed by atoms with Gasteiger partial charge < -0.3 is 10.6 Å². The van der Waals surface area contributed by atoms with Gasteiger partial charge in [-0.1, -0.05) is 41.9 Å². The van der Waals surface area contributed by atoms with Crippen LogP contribution in [0.25, 0.3) is 6.08 Å². The van der Waals surface area contributed by atoms with Crippen LogP contribution in [0.2, 0.25) is 5.02 Å². The Morgan fingerprint density at radius 1 is 0.885 bits per heavy atom. The van der Waals surface area contributed by atoms with Crippen molar-refractivity contribution < 1.29 is 9.59 Å². The van der Waals surface area contributed by atoms with E-state index in [2.05, 4.69) is 10.6 Å². The molecule has 1 heterocycles. The molecule has 0 aliphatic carbocycles. The van der Waals surface area contributed by atoms with Gasteiger partial charge in [0.05, 0.1) is 22.0 Å². The van der Waals surface area contributed by atoms with Crippen molar-refractivity contribution in [2.45, 2.75) is 0 Å². The summed E-state index contributed by atoms with van der Waals surface area (Å²) in [6.45, 7) is 0. The molecule has 130 valence electrons. The van der Waals surface area contributed by atoms with Crippen molar-refractivity contribution >= 4 is 52.2 Å². The van der Waals surface area contributed by atoms with Gasteiger partial charge in [0.25, 0.3) is 5.91 Å². The summed E-state index contributed by atoms with van der Waals surface area (Å²) in [6, 6.07) is 17.6. The quantitative estimate of drug-likeness (QED) is 0.588. The second-order valence-electron chi connectivity index (χ2n) is 5.32. The van der Waals surface area contributed by atoms with Gasteiger partial charge in [0.1, 0.15) is 0 Å². The molecular weight excluding hydrogens is 368 g/mol. The molecule has 2 N–H and O–H groups in total. The van der Waals surface area contributed by atoms with Crippen LogP contribution in [0.1, 0.15) is 15.2 Å². The summed E-state index contributed by atoms with van der Waals surface area (Å²) in [6.07, 6.45) is 3.20. The lowest BCUT2D eigenvalue weighted by Gasteiger charge is -2.12. The molecule has 0 atom stereocenters. The molecule has 1 aromatic heterocycles. The minimum Gasteiger partial charge on any atom is -0.321 e. The molecule has 0 bridgehead atoms. The van der Waals surface area contributed by atoms with E-state index in [-0.39, 0.29) is 11.8 Å². The van der Waals surface area contributed by atoms with E-state index >= 15 is 0 Å². The lowest BCUT2D eigenvalue weighted by molar-refractivity contribution is -0.111. The number of benzene rings is 2. The zero-order valence-electron chi connectivity index (χ0n) is 13.6. The number of nitrogens with one attached hydrogen (secondary N) is 2. The van der Waals surface area contributed by atoms with Gasteiger partial charge >= 0.3 is 0 Å². The van der Waals surface area contributed by atoms with E-state index in [1.807, 2.05) is 17.5 Å². The Hall–Kier alpha value is -2.89. The first-order valence-electron chi connectivity index (χ1n) is 7.81. The standard InChI is InChI=1S/C20H15ClN2O2S/c21-16-8-2-1-7-15(16)20(25)23-18-10-4-3-9-17(18)22-19(24)12-11-14-6-5-13-26-14/h1-13H,(H,22,24)(H,23,25)/b12-11-. The van der Waals surface area contributed by atoms with E-state index < -0.39 is 0 Å². The Balaban J connectivity index is 1.73. The summed E-state index contributed by atoms with van der Waals surface area (Å²) in [5, 5.41) is 7.87. The highest BCUT2D eigenvalue weighted by Gasteiger charge is 2.12. The third kappa shape index (κ3) is 4.59. The number of hydrogen-bond donors (Lipinski definition) is 2. The first kappa shape index (κ1) is 17.9. The summed E-state index contributed by atoms with van der Waals surface area (Å²) in [4.78, 5) is 25.6. The second kappa shape index (κ2) is 8.47. The summed E-state index contributed by atoms with van der Waals surface area (Å²) in [7, 11) is 0. The monoisotopic (exact) mass is 382 g/mol. The molecule has 0 aliphatic heterocycles. The van der Waals surface area contributed by atoms with Gasteiger partial charge in [-0.15, -0.1) is 11.3 Å². The molecule has 6 heteroatoms. The maximum absolute atomic E-state index is 12.4. The minimum absolute atomic E-state index is 0.280. The molecule has 0 aliphatic rings. The molecule has 3 rings (SSSR count). The average Bonchev–Trinajstić information content (AvgIpc) is 3.15. The number of carbonyl (C=O) groups is 2. The lowest BCUT2D eigenvalue weighted by Crippen LogP contribution is -2.15. The molecule has 0 unspecified atom stereocenters. The summed E-state index contributed by atoms with van der Waals surface area (Å²) >= 11 is 7.61. The molecule has 0 radical (unpaired) electrons. The number of thiophene rings is 1. The van der Waals surface area contributed by atoms with Gasteiger partial charge in [0.15, 0.2) is 0 Å². The van der Waals surface area contributed by atoms with Crippen LogP contribution >= 0.6 is 22.9 Å². The Bertz CT molecular complexity index is 952. The first-order chi connectivity index (χ1) is 12.6. The number of anilines is 2. The predicted molar refractivity (Wildman–Crippen MR) is 108 cm³/mol. The fourth-order valence-corrected chi connectivity index (χ4v) is 3.09. The van der Waals surface area contributed by atoms with Crippen molar-refractivity contribution in [1.29, 1.82) is 0 Å². The van der Waals surface area contributed by atoms with E-state index in [4.69, 9.17) is 11.6 Å². The molecular formula is C20H15ClN2O2S. The maximum Gasteiger partial charge on any atom is 0.257 e. The topological polar surface area (TPSA) is 58.2 Å². The largest absolute Gasteiger partial charge is 0.321 e. The lowest BCUT2D eigenvalue weighted by atomic mass is 10.2. The van der Waals surface area contributed by atoms with Crippen LogP contribution in [0.15, 0.2) is 72.1 Å². The number of carbonyl (C=O) groups excluding carboxylic acids is 2. The van der Waals surface area contributed by atoms with Gasteiger partial charge in [-0.05, 0) is 41.8 Å². The Morgan fingerprint density at radius 2 is 1.58 bits per heavy atom. The van der Waals surface area contributed by atoms with Crippen LogP contribution in [0.3, 0.4) is 0 Å². The molecule has 2 aromatic carbocycles. The van der Waals surface area contributed by atoms with Gasteiger partial charge in [0.2, 0.25) is 5.91 Å². The maximum atomic E-state index is 12.4. The van der Waals surface area contributed by atoms with E-state index in [1.54, 1.807) is 65.9 Å². The first-order valence-corrected chi connectivity index (χ1v) is 9.07. The molecule has 0 saturated carbocycles. The van der Waals surface area contributed by atoms with Crippen LogP contribution < -0.4 is 10.6 Å². The summed E-state index contributed by atoms with van der Waals surface area (Å²) in [5.74, 6) is -0.621. The predicted octanol–water partition coefficient (Wildman–Crippen LogP) is 5.31. The number of hydrogen-bond acceptors (Lipinski definition) is 3. The summed E-state index contributed by atoms with van der Waals surface area (Å²) in [5.41, 5.74) is 1.37. The van der Waals surface area contributed by atoms with E-state index in [1.165, 1.54) is 6.08 Å². The molecule has 0 fully saturated rings. The number of amides is 2. The molecule has 4 nitrogen and oxygen atoms in total. The van der Waals surface area contributed by atoms with Crippen LogP contribution in [0, 0.1) is 0 Å². The van der Waals surface area contributed by atoms with Crippen molar-refractivity contribution in [3.05, 3.63) is 87.6 Å². The van der Waals surface area contributed by atoms with Crippen molar-refractivity contribution in [1.82, 2.24) is 0 Å². The summed E-state index contributed by atoms with van der Waals surface area (Å²) < 4.78 is 0. The second-order valence-corrected chi connectivity index (χ2v) is 6.70. The normalized spacial score (nSPS) is 10.7. The molecule has 26 heavy (non-hydrogen) atoms. The third-order valence-electron chi connectivity index (χ3n) is 3.49. The number of halogens is 1. The van der Waals surface area contributed by atoms with Gasteiger partial charge in [0, 0.05) is 11.0 Å². The Morgan fingerprint density at radius 3 is 2.27 bits per heavy atom. The van der Waals surface area contributed by atoms with Crippen LogP contribution in [0.4, 0.5) is 11.4 Å². The zero-order valence-corrected chi connectivity index (χ0v) is 15.2. The van der Waals surface area contributed by atoms with Crippen molar-refractivity contribution in [3.63, 3.8) is 0 Å². The van der Waals surface area contributed by atoms with Crippen LogP contribution in [-0.2, 0) is 4.79 Å². The van der Waals surface area contributed by atoms with Crippen molar-refractivity contribution in [2.24, 2.45) is 0 Å². The third-order valence-corrected chi connectivity index (χ3v) is 4.66. The highest BCUT2D eigenvalue weighted by molar-refractivity contribution is 7.10. The fraction of sp³-hybridized carbons (Fsp3) is 0. The molecule has 0 spiro atoms. The Labute approximate surface area is 160 Å². The number of para-hydroxylation sites is 2. The fourth-order valence-electron chi connectivity index (χ4n) is 2.25. The molecule has 0 saturated heterocycles. The van der Waals surface area contributed by atoms with Gasteiger partial charge in [-0.3, -0.25) is 9.59 Å². The highest BCUT2D eigenvalue weighted by Crippen LogP contribution is 2.23. The van der Waals surface area contributed by atoms with E-state index in [0.29, 0.717) is 22.0 Å². The highest BCUT2D eigenvalue weighted by atomic mass is 35.5. The van der Waals surface area contributed by atoms with E-state index in [9.17, 15) is 9.59 Å². The molecule has 3 aromatic rings. The van der Waals surface area contributed by atoms with E-state index in [0.717, 1.165) is 4.88 Å². The average molecular weight is 383 g/mol. The smallest absolute Gasteiger partial charge is 0.257 e. The van der Waals surface area contributed by atoms with Crippen molar-refractivity contribution in [3.8, 4) is 0 Å². The molecule has 2 amide bonds.